The zero-order chi connectivity index (χ0) is 16.2. The number of hydrogen-bond acceptors (Lipinski definition) is 3. The number of halogens is 2. The summed E-state index contributed by atoms with van der Waals surface area (Å²) in [6.45, 7) is 0. The minimum Gasteiger partial charge on any atom is -0.326 e. The van der Waals surface area contributed by atoms with Crippen LogP contribution in [-0.4, -0.2) is 10.9 Å². The van der Waals surface area contributed by atoms with Gasteiger partial charge in [-0.15, -0.1) is 11.3 Å². The first kappa shape index (κ1) is 15.3. The predicted octanol–water partition coefficient (Wildman–Crippen LogP) is 4.27. The van der Waals surface area contributed by atoms with E-state index in [0.717, 1.165) is 0 Å². The first-order chi connectivity index (χ1) is 11.1. The number of thiazole rings is 1. The molecule has 0 saturated heterocycles. The second kappa shape index (κ2) is 6.66. The molecule has 3 nitrogen and oxygen atoms in total. The van der Waals surface area contributed by atoms with Gasteiger partial charge in [0.25, 0.3) is 0 Å². The van der Waals surface area contributed by atoms with E-state index in [1.807, 2.05) is 0 Å². The van der Waals surface area contributed by atoms with E-state index < -0.39 is 0 Å². The van der Waals surface area contributed by atoms with Crippen LogP contribution in [0.2, 0.25) is 0 Å². The maximum Gasteiger partial charge on any atom is 0.230 e. The zero-order valence-electron chi connectivity index (χ0n) is 11.9. The fraction of sp³-hybridized carbons (Fsp3) is 0.0588. The Hall–Kier alpha value is -2.60. The Labute approximate surface area is 135 Å². The van der Waals surface area contributed by atoms with Gasteiger partial charge in [0.2, 0.25) is 5.91 Å². The molecule has 23 heavy (non-hydrogen) atoms. The number of benzene rings is 2. The Morgan fingerprint density at radius 1 is 1.09 bits per heavy atom. The fourth-order valence-electron chi connectivity index (χ4n) is 2.05. The highest BCUT2D eigenvalue weighted by Gasteiger charge is 2.10. The lowest BCUT2D eigenvalue weighted by molar-refractivity contribution is -0.115. The number of nitrogens with zero attached hydrogens (tertiary/aromatic N) is 1. The summed E-state index contributed by atoms with van der Waals surface area (Å²) in [6.07, 6.45) is 0.100. The second-order valence-electron chi connectivity index (χ2n) is 4.89. The molecule has 0 aliphatic heterocycles. The molecule has 0 aliphatic rings. The maximum atomic E-state index is 13.2. The van der Waals surface area contributed by atoms with Crippen molar-refractivity contribution in [3.63, 3.8) is 0 Å². The molecule has 0 bridgehead atoms. The molecule has 3 aromatic rings. The molecule has 0 aliphatic carbocycles. The topological polar surface area (TPSA) is 42.0 Å². The van der Waals surface area contributed by atoms with E-state index in [9.17, 15) is 13.6 Å². The lowest BCUT2D eigenvalue weighted by atomic mass is 10.2. The number of hydrogen-bond donors (Lipinski definition) is 1. The summed E-state index contributed by atoms with van der Waals surface area (Å²) < 4.78 is 26.0. The van der Waals surface area contributed by atoms with Crippen LogP contribution in [0.25, 0.3) is 10.6 Å². The average molecular weight is 330 g/mol. The van der Waals surface area contributed by atoms with Crippen LogP contribution < -0.4 is 5.32 Å². The molecule has 116 valence electrons. The quantitative estimate of drug-likeness (QED) is 0.776. The van der Waals surface area contributed by atoms with Gasteiger partial charge in [0, 0.05) is 16.6 Å². The largest absolute Gasteiger partial charge is 0.326 e. The van der Waals surface area contributed by atoms with Crippen molar-refractivity contribution in [3.8, 4) is 10.6 Å². The van der Waals surface area contributed by atoms with Crippen molar-refractivity contribution < 1.29 is 13.6 Å². The second-order valence-corrected chi connectivity index (χ2v) is 5.74. The summed E-state index contributed by atoms with van der Waals surface area (Å²) in [5.74, 6) is -0.928. The van der Waals surface area contributed by atoms with Gasteiger partial charge in [-0.3, -0.25) is 4.79 Å². The van der Waals surface area contributed by atoms with Gasteiger partial charge >= 0.3 is 0 Å². The average Bonchev–Trinajstić information content (AvgIpc) is 2.98. The number of aromatic nitrogens is 1. The number of rotatable bonds is 4. The molecule has 0 atom stereocenters. The van der Waals surface area contributed by atoms with Crippen LogP contribution in [0.3, 0.4) is 0 Å². The Morgan fingerprint density at radius 2 is 1.87 bits per heavy atom. The number of nitrogens with one attached hydrogen (secondary N) is 1. The highest BCUT2D eigenvalue weighted by Crippen LogP contribution is 2.24. The highest BCUT2D eigenvalue weighted by atomic mass is 32.1. The van der Waals surface area contributed by atoms with Crippen LogP contribution in [0, 0.1) is 11.6 Å². The number of anilines is 1. The summed E-state index contributed by atoms with van der Waals surface area (Å²) in [6, 6.07) is 11.7. The van der Waals surface area contributed by atoms with Gasteiger partial charge < -0.3 is 5.32 Å². The minimum absolute atomic E-state index is 0.100. The van der Waals surface area contributed by atoms with Gasteiger partial charge in [-0.25, -0.2) is 13.8 Å². The van der Waals surface area contributed by atoms with Gasteiger partial charge in [0.1, 0.15) is 16.6 Å². The third-order valence-corrected chi connectivity index (χ3v) is 4.03. The molecule has 1 N–H and O–H groups in total. The van der Waals surface area contributed by atoms with Crippen molar-refractivity contribution in [2.45, 2.75) is 6.42 Å². The van der Waals surface area contributed by atoms with Gasteiger partial charge in [0.15, 0.2) is 0 Å². The normalized spacial score (nSPS) is 10.5. The van der Waals surface area contributed by atoms with Gasteiger partial charge in [0.05, 0.1) is 12.1 Å². The molecule has 0 radical (unpaired) electrons. The molecule has 1 amide bonds. The van der Waals surface area contributed by atoms with Gasteiger partial charge in [-0.1, -0.05) is 12.1 Å². The molecule has 6 heteroatoms. The molecule has 0 fully saturated rings. The molecule has 0 saturated carbocycles. The van der Waals surface area contributed by atoms with Gasteiger partial charge in [-0.05, 0) is 36.4 Å². The van der Waals surface area contributed by atoms with Crippen molar-refractivity contribution in [2.24, 2.45) is 0 Å². The number of carbonyl (C=O) groups is 1. The van der Waals surface area contributed by atoms with E-state index in [2.05, 4.69) is 10.3 Å². The van der Waals surface area contributed by atoms with E-state index in [-0.39, 0.29) is 24.0 Å². The fourth-order valence-corrected chi connectivity index (χ4v) is 2.86. The number of amides is 1. The van der Waals surface area contributed by atoms with Crippen molar-refractivity contribution in [3.05, 3.63) is 71.2 Å². The van der Waals surface area contributed by atoms with Crippen LogP contribution in [0.1, 0.15) is 5.69 Å². The molecule has 1 heterocycles. The van der Waals surface area contributed by atoms with Crippen molar-refractivity contribution in [2.75, 3.05) is 5.32 Å². The maximum absolute atomic E-state index is 13.2. The molecule has 3 rings (SSSR count). The standard InChI is InChI=1S/C17H12F2N2OS/c18-12-4-6-14(7-5-12)20-16(22)9-15-10-23-17(21-15)11-2-1-3-13(19)8-11/h1-8,10H,9H2,(H,20,22). The monoisotopic (exact) mass is 330 g/mol. The summed E-state index contributed by atoms with van der Waals surface area (Å²) >= 11 is 1.35. The molecule has 0 spiro atoms. The first-order valence-corrected chi connectivity index (χ1v) is 7.74. The van der Waals surface area contributed by atoms with Crippen LogP contribution in [-0.2, 0) is 11.2 Å². The summed E-state index contributed by atoms with van der Waals surface area (Å²) in [5, 5.41) is 5.10. The molecule has 0 unspecified atom stereocenters. The van der Waals surface area contributed by atoms with Crippen molar-refractivity contribution in [1.29, 1.82) is 0 Å². The van der Waals surface area contributed by atoms with Gasteiger partial charge in [-0.2, -0.15) is 0 Å². The third kappa shape index (κ3) is 3.98. The smallest absolute Gasteiger partial charge is 0.230 e. The number of carbonyl (C=O) groups excluding carboxylic acids is 1. The van der Waals surface area contributed by atoms with Crippen LogP contribution in [0.5, 0.6) is 0 Å². The summed E-state index contributed by atoms with van der Waals surface area (Å²) in [5.41, 5.74) is 1.81. The highest BCUT2D eigenvalue weighted by molar-refractivity contribution is 7.13. The molecule has 2 aromatic carbocycles. The Balaban J connectivity index is 1.66. The SMILES string of the molecule is O=C(Cc1csc(-c2cccc(F)c2)n1)Nc1ccc(F)cc1. The van der Waals surface area contributed by atoms with E-state index in [0.29, 0.717) is 22.0 Å². The molecule has 1 aromatic heterocycles. The molecular formula is C17H12F2N2OS. The Morgan fingerprint density at radius 3 is 2.61 bits per heavy atom. The van der Waals surface area contributed by atoms with Crippen LogP contribution in [0.15, 0.2) is 53.9 Å². The van der Waals surface area contributed by atoms with E-state index in [4.69, 9.17) is 0 Å². The zero-order valence-corrected chi connectivity index (χ0v) is 12.7. The summed E-state index contributed by atoms with van der Waals surface area (Å²) in [7, 11) is 0. The Kier molecular flexibility index (Phi) is 4.43. The lowest BCUT2D eigenvalue weighted by Gasteiger charge is -2.03. The van der Waals surface area contributed by atoms with E-state index >= 15 is 0 Å². The minimum atomic E-state index is -0.359. The molecular weight excluding hydrogens is 318 g/mol. The van der Waals surface area contributed by atoms with Crippen LogP contribution in [0.4, 0.5) is 14.5 Å². The first-order valence-electron chi connectivity index (χ1n) is 6.86. The van der Waals surface area contributed by atoms with Crippen LogP contribution >= 0.6 is 11.3 Å². The summed E-state index contributed by atoms with van der Waals surface area (Å²) in [4.78, 5) is 16.3. The lowest BCUT2D eigenvalue weighted by Crippen LogP contribution is -2.14. The van der Waals surface area contributed by atoms with E-state index in [1.165, 1.54) is 47.7 Å². The van der Waals surface area contributed by atoms with E-state index in [1.54, 1.807) is 17.5 Å². The van der Waals surface area contributed by atoms with Crippen molar-refractivity contribution >= 4 is 22.9 Å². The Bertz CT molecular complexity index is 831. The third-order valence-electron chi connectivity index (χ3n) is 3.09. The van der Waals surface area contributed by atoms with Crippen molar-refractivity contribution in [1.82, 2.24) is 4.98 Å². The predicted molar refractivity (Wildman–Crippen MR) is 86.2 cm³/mol.